The topological polar surface area (TPSA) is 85.9 Å². The van der Waals surface area contributed by atoms with Gasteiger partial charge in [0, 0.05) is 57.8 Å². The van der Waals surface area contributed by atoms with E-state index in [0.29, 0.717) is 6.42 Å². The number of fused-ring (bicyclic) bond motifs is 1. The SMILES string of the molecule is Cc1cc(Nc2ccc(NC(=O)Cc3c[nH]c4ccc(Br)cc34)cc2)nc(N2CCCC2)n1. The second-order valence-electron chi connectivity index (χ2n) is 8.32. The Balaban J connectivity index is 1.23. The second-order valence-corrected chi connectivity index (χ2v) is 9.24. The lowest BCUT2D eigenvalue weighted by molar-refractivity contribution is -0.115. The van der Waals surface area contributed by atoms with Gasteiger partial charge in [-0.05, 0) is 67.8 Å². The standard InChI is InChI=1S/C25H25BrN6O/c1-16-12-23(31-25(28-16)32-10-2-3-11-32)29-19-5-7-20(8-6-19)30-24(33)13-17-15-27-22-9-4-18(26)14-21(17)22/h4-9,12,14-15,27H,2-3,10-11,13H2,1H3,(H,30,33)(H,28,29,31). The molecule has 8 heteroatoms. The van der Waals surface area contributed by atoms with Gasteiger partial charge in [-0.15, -0.1) is 0 Å². The summed E-state index contributed by atoms with van der Waals surface area (Å²) in [7, 11) is 0. The Bertz CT molecular complexity index is 1290. The molecule has 1 aliphatic heterocycles. The van der Waals surface area contributed by atoms with Crippen LogP contribution in [-0.4, -0.2) is 33.9 Å². The third-order valence-electron chi connectivity index (χ3n) is 5.75. The van der Waals surface area contributed by atoms with Crippen molar-refractivity contribution in [1.29, 1.82) is 0 Å². The highest BCUT2D eigenvalue weighted by molar-refractivity contribution is 9.10. The van der Waals surface area contributed by atoms with E-state index < -0.39 is 0 Å². The molecule has 1 fully saturated rings. The average Bonchev–Trinajstić information content (AvgIpc) is 3.45. The van der Waals surface area contributed by atoms with E-state index in [1.54, 1.807) is 0 Å². The van der Waals surface area contributed by atoms with Crippen molar-refractivity contribution in [1.82, 2.24) is 15.0 Å². The van der Waals surface area contributed by atoms with E-state index in [-0.39, 0.29) is 5.91 Å². The summed E-state index contributed by atoms with van der Waals surface area (Å²) in [6.45, 7) is 4.00. The van der Waals surface area contributed by atoms with Crippen LogP contribution in [0.25, 0.3) is 10.9 Å². The van der Waals surface area contributed by atoms with Crippen molar-refractivity contribution in [2.75, 3.05) is 28.6 Å². The summed E-state index contributed by atoms with van der Waals surface area (Å²) < 4.78 is 0.991. The molecule has 3 N–H and O–H groups in total. The fourth-order valence-electron chi connectivity index (χ4n) is 4.14. The molecule has 0 aliphatic carbocycles. The van der Waals surface area contributed by atoms with Crippen LogP contribution in [0, 0.1) is 6.92 Å². The number of halogens is 1. The van der Waals surface area contributed by atoms with E-state index in [1.165, 1.54) is 12.8 Å². The van der Waals surface area contributed by atoms with Crippen molar-refractivity contribution in [3.05, 3.63) is 70.5 Å². The quantitative estimate of drug-likeness (QED) is 0.320. The predicted molar refractivity (Wildman–Crippen MR) is 136 cm³/mol. The van der Waals surface area contributed by atoms with Gasteiger partial charge in [-0.3, -0.25) is 4.79 Å². The van der Waals surface area contributed by atoms with E-state index in [9.17, 15) is 4.79 Å². The monoisotopic (exact) mass is 504 g/mol. The van der Waals surface area contributed by atoms with Crippen LogP contribution in [0.4, 0.5) is 23.1 Å². The number of benzene rings is 2. The number of amides is 1. The van der Waals surface area contributed by atoms with Gasteiger partial charge < -0.3 is 20.5 Å². The number of aromatic amines is 1. The Morgan fingerprint density at radius 3 is 2.61 bits per heavy atom. The fourth-order valence-corrected chi connectivity index (χ4v) is 4.50. The van der Waals surface area contributed by atoms with Crippen LogP contribution in [0.5, 0.6) is 0 Å². The molecular weight excluding hydrogens is 480 g/mol. The molecule has 0 bridgehead atoms. The summed E-state index contributed by atoms with van der Waals surface area (Å²) in [6, 6.07) is 15.6. The highest BCUT2D eigenvalue weighted by Gasteiger charge is 2.16. The van der Waals surface area contributed by atoms with Crippen LogP contribution in [0.15, 0.2) is 59.2 Å². The zero-order chi connectivity index (χ0) is 22.8. The number of carbonyl (C=O) groups is 1. The second kappa shape index (κ2) is 9.23. The Labute approximate surface area is 200 Å². The predicted octanol–water partition coefficient (Wildman–Crippen LogP) is 5.55. The van der Waals surface area contributed by atoms with E-state index in [0.717, 1.165) is 62.9 Å². The van der Waals surface area contributed by atoms with Gasteiger partial charge in [-0.2, -0.15) is 4.98 Å². The molecule has 7 nitrogen and oxygen atoms in total. The zero-order valence-corrected chi connectivity index (χ0v) is 19.9. The van der Waals surface area contributed by atoms with Gasteiger partial charge in [0.15, 0.2) is 0 Å². The molecule has 1 aliphatic rings. The normalized spacial score (nSPS) is 13.5. The zero-order valence-electron chi connectivity index (χ0n) is 18.4. The Hall–Kier alpha value is -3.39. The summed E-state index contributed by atoms with van der Waals surface area (Å²) in [5.74, 6) is 1.49. The maximum Gasteiger partial charge on any atom is 0.228 e. The third-order valence-corrected chi connectivity index (χ3v) is 6.25. The van der Waals surface area contributed by atoms with Gasteiger partial charge in [-0.25, -0.2) is 4.98 Å². The van der Waals surface area contributed by atoms with Crippen molar-refractivity contribution in [2.45, 2.75) is 26.2 Å². The van der Waals surface area contributed by atoms with Gasteiger partial charge in [-0.1, -0.05) is 15.9 Å². The maximum absolute atomic E-state index is 12.6. The lowest BCUT2D eigenvalue weighted by Gasteiger charge is -2.17. The molecule has 0 saturated carbocycles. The third kappa shape index (κ3) is 5.01. The Kier molecular flexibility index (Phi) is 6.00. The molecule has 4 aromatic rings. The minimum atomic E-state index is -0.0572. The number of carbonyl (C=O) groups excluding carboxylic acids is 1. The molecule has 3 heterocycles. The van der Waals surface area contributed by atoms with E-state index in [4.69, 9.17) is 0 Å². The van der Waals surface area contributed by atoms with Gasteiger partial charge in [0.1, 0.15) is 5.82 Å². The first-order valence-electron chi connectivity index (χ1n) is 11.1. The number of rotatable bonds is 6. The number of hydrogen-bond donors (Lipinski definition) is 3. The van der Waals surface area contributed by atoms with Gasteiger partial charge in [0.25, 0.3) is 0 Å². The minimum Gasteiger partial charge on any atom is -0.361 e. The Morgan fingerprint density at radius 1 is 1.06 bits per heavy atom. The van der Waals surface area contributed by atoms with Crippen molar-refractivity contribution in [3.8, 4) is 0 Å². The van der Waals surface area contributed by atoms with Gasteiger partial charge in [0.05, 0.1) is 6.42 Å². The Morgan fingerprint density at radius 2 is 1.82 bits per heavy atom. The summed E-state index contributed by atoms with van der Waals surface area (Å²) in [4.78, 5) is 27.3. The van der Waals surface area contributed by atoms with Crippen LogP contribution in [0.2, 0.25) is 0 Å². The van der Waals surface area contributed by atoms with Crippen LogP contribution >= 0.6 is 15.9 Å². The van der Waals surface area contributed by atoms with E-state index in [1.807, 2.05) is 61.7 Å². The molecule has 2 aromatic carbocycles. The van der Waals surface area contributed by atoms with Crippen molar-refractivity contribution >= 4 is 55.9 Å². The van der Waals surface area contributed by atoms with Gasteiger partial charge >= 0.3 is 0 Å². The maximum atomic E-state index is 12.6. The first-order valence-corrected chi connectivity index (χ1v) is 11.9. The van der Waals surface area contributed by atoms with E-state index in [2.05, 4.69) is 46.4 Å². The lowest BCUT2D eigenvalue weighted by Crippen LogP contribution is -2.21. The molecule has 0 unspecified atom stereocenters. The van der Waals surface area contributed by atoms with Crippen LogP contribution in [-0.2, 0) is 11.2 Å². The molecule has 0 atom stereocenters. The number of aryl methyl sites for hydroxylation is 1. The molecule has 1 amide bonds. The van der Waals surface area contributed by atoms with Crippen molar-refractivity contribution in [2.24, 2.45) is 0 Å². The van der Waals surface area contributed by atoms with Gasteiger partial charge in [0.2, 0.25) is 11.9 Å². The molecule has 0 spiro atoms. The number of anilines is 4. The first kappa shape index (κ1) is 21.5. The number of nitrogens with one attached hydrogen (secondary N) is 3. The average molecular weight is 505 g/mol. The number of nitrogens with zero attached hydrogens (tertiary/aromatic N) is 3. The molecule has 33 heavy (non-hydrogen) atoms. The molecule has 5 rings (SSSR count). The van der Waals surface area contributed by atoms with Crippen molar-refractivity contribution < 1.29 is 4.79 Å². The summed E-state index contributed by atoms with van der Waals surface area (Å²) in [5, 5.41) is 7.38. The number of hydrogen-bond acceptors (Lipinski definition) is 5. The molecule has 2 aromatic heterocycles. The molecular formula is C25H25BrN6O. The van der Waals surface area contributed by atoms with Crippen LogP contribution in [0.1, 0.15) is 24.1 Å². The molecule has 0 radical (unpaired) electrons. The number of H-pyrrole nitrogens is 1. The first-order chi connectivity index (χ1) is 16.0. The van der Waals surface area contributed by atoms with Crippen LogP contribution in [0.3, 0.4) is 0 Å². The lowest BCUT2D eigenvalue weighted by atomic mass is 10.1. The minimum absolute atomic E-state index is 0.0572. The highest BCUT2D eigenvalue weighted by atomic mass is 79.9. The fraction of sp³-hybridized carbons (Fsp3) is 0.240. The highest BCUT2D eigenvalue weighted by Crippen LogP contribution is 2.24. The smallest absolute Gasteiger partial charge is 0.228 e. The van der Waals surface area contributed by atoms with Crippen molar-refractivity contribution in [3.63, 3.8) is 0 Å². The summed E-state index contributed by atoms with van der Waals surface area (Å²) in [5.41, 5.74) is 4.57. The largest absolute Gasteiger partial charge is 0.361 e. The van der Waals surface area contributed by atoms with E-state index >= 15 is 0 Å². The molecule has 168 valence electrons. The van der Waals surface area contributed by atoms with Crippen LogP contribution < -0.4 is 15.5 Å². The number of aromatic nitrogens is 3. The summed E-state index contributed by atoms with van der Waals surface area (Å²) >= 11 is 3.50. The molecule has 1 saturated heterocycles. The summed E-state index contributed by atoms with van der Waals surface area (Å²) in [6.07, 6.45) is 4.57.